The van der Waals surface area contributed by atoms with Gasteiger partial charge in [-0.25, -0.2) is 18.4 Å². The third kappa shape index (κ3) is 5.54. The van der Waals surface area contributed by atoms with Gasteiger partial charge in [0.2, 0.25) is 5.91 Å². The van der Waals surface area contributed by atoms with Crippen molar-refractivity contribution in [3.63, 3.8) is 0 Å². The number of nitrogens with one attached hydrogen (secondary N) is 2. The average molecular weight is 596 g/mol. The van der Waals surface area contributed by atoms with E-state index >= 15 is 0 Å². The number of hydrogen-bond acceptors (Lipinski definition) is 8. The van der Waals surface area contributed by atoms with Crippen molar-refractivity contribution in [2.24, 2.45) is 5.73 Å². The first kappa shape index (κ1) is 28.0. The summed E-state index contributed by atoms with van der Waals surface area (Å²) in [7, 11) is -1.00. The number of benzene rings is 4. The molecule has 0 aliphatic heterocycles. The van der Waals surface area contributed by atoms with Gasteiger partial charge in [-0.1, -0.05) is 48.5 Å². The van der Waals surface area contributed by atoms with E-state index in [0.29, 0.717) is 33.8 Å². The molecule has 5 aromatic rings. The van der Waals surface area contributed by atoms with Gasteiger partial charge in [-0.15, -0.1) is 0 Å². The second-order valence-electron chi connectivity index (χ2n) is 10.3. The molecule has 4 N–H and O–H groups in total. The number of carbonyl (C=O) groups is 1. The molecule has 1 amide bonds. The topological polar surface area (TPSA) is 146 Å². The standard InChI is InChI=1S/C32H29N5O5S/c1-41-24-17-23(18-25(19-24)42-2)34-29-30(36-28-9-4-3-8-27(28)35-29)37-43(39,40)26-7-5-6-21(16-26)20-10-12-22(13-11-20)32(14-15-32)31(33)38/h3-13,16-19H,14-15H2,1-2H3,(H2,33,38)(H,34,35)(H,36,37). The highest BCUT2D eigenvalue weighted by atomic mass is 32.2. The molecule has 0 saturated heterocycles. The largest absolute Gasteiger partial charge is 0.497 e. The monoisotopic (exact) mass is 595 g/mol. The van der Waals surface area contributed by atoms with E-state index < -0.39 is 15.4 Å². The molecule has 1 aliphatic carbocycles. The number of sulfonamides is 1. The predicted octanol–water partition coefficient (Wildman–Crippen LogP) is 5.38. The molecular weight excluding hydrogens is 566 g/mol. The van der Waals surface area contributed by atoms with Gasteiger partial charge < -0.3 is 20.5 Å². The summed E-state index contributed by atoms with van der Waals surface area (Å²) in [6.45, 7) is 0. The van der Waals surface area contributed by atoms with Crippen LogP contribution >= 0.6 is 0 Å². The summed E-state index contributed by atoms with van der Waals surface area (Å²) < 4.78 is 40.8. The summed E-state index contributed by atoms with van der Waals surface area (Å²) >= 11 is 0. The lowest BCUT2D eigenvalue weighted by atomic mass is 9.93. The maximum Gasteiger partial charge on any atom is 0.263 e. The van der Waals surface area contributed by atoms with Crippen molar-refractivity contribution in [1.29, 1.82) is 0 Å². The number of anilines is 3. The van der Waals surface area contributed by atoms with E-state index in [9.17, 15) is 13.2 Å². The molecule has 11 heteroatoms. The number of methoxy groups -OCH3 is 2. The van der Waals surface area contributed by atoms with E-state index in [-0.39, 0.29) is 22.4 Å². The third-order valence-corrected chi connectivity index (χ3v) is 8.89. The summed E-state index contributed by atoms with van der Waals surface area (Å²) in [6.07, 6.45) is 1.47. The molecule has 43 heavy (non-hydrogen) atoms. The zero-order valence-electron chi connectivity index (χ0n) is 23.5. The van der Waals surface area contributed by atoms with Crippen molar-refractivity contribution in [3.05, 3.63) is 96.6 Å². The van der Waals surface area contributed by atoms with Gasteiger partial charge in [-0.05, 0) is 53.8 Å². The fourth-order valence-corrected chi connectivity index (χ4v) is 6.04. The number of hydrogen-bond donors (Lipinski definition) is 3. The van der Waals surface area contributed by atoms with Crippen LogP contribution in [0, 0.1) is 0 Å². The van der Waals surface area contributed by atoms with Crippen molar-refractivity contribution in [3.8, 4) is 22.6 Å². The van der Waals surface area contributed by atoms with Gasteiger partial charge in [-0.3, -0.25) is 9.52 Å². The van der Waals surface area contributed by atoms with Crippen molar-refractivity contribution in [2.75, 3.05) is 24.3 Å². The third-order valence-electron chi connectivity index (χ3n) is 7.55. The van der Waals surface area contributed by atoms with Crippen molar-refractivity contribution in [1.82, 2.24) is 9.97 Å². The average Bonchev–Trinajstić information content (AvgIpc) is 3.84. The Bertz CT molecular complexity index is 1940. The minimum atomic E-state index is -4.09. The van der Waals surface area contributed by atoms with Crippen molar-refractivity contribution >= 4 is 44.3 Å². The van der Waals surface area contributed by atoms with E-state index in [4.69, 9.17) is 15.2 Å². The zero-order valence-corrected chi connectivity index (χ0v) is 24.3. The first-order valence-corrected chi connectivity index (χ1v) is 15.0. The maximum absolute atomic E-state index is 13.7. The van der Waals surface area contributed by atoms with Crippen LogP contribution in [0.4, 0.5) is 17.3 Å². The van der Waals surface area contributed by atoms with Crippen molar-refractivity contribution in [2.45, 2.75) is 23.2 Å². The lowest BCUT2D eigenvalue weighted by molar-refractivity contribution is -0.120. The highest BCUT2D eigenvalue weighted by Gasteiger charge is 2.49. The Morgan fingerprint density at radius 1 is 0.791 bits per heavy atom. The second-order valence-corrected chi connectivity index (χ2v) is 12.0. The Kier molecular flexibility index (Phi) is 7.10. The van der Waals surface area contributed by atoms with Gasteiger partial charge in [-0.2, -0.15) is 0 Å². The fraction of sp³-hybridized carbons (Fsp3) is 0.156. The highest BCUT2D eigenvalue weighted by molar-refractivity contribution is 7.92. The highest BCUT2D eigenvalue weighted by Crippen LogP contribution is 2.48. The van der Waals surface area contributed by atoms with Crippen LogP contribution in [0.5, 0.6) is 11.5 Å². The Hall–Kier alpha value is -5.16. The lowest BCUT2D eigenvalue weighted by Crippen LogP contribution is -2.28. The number of fused-ring (bicyclic) bond motifs is 1. The summed E-state index contributed by atoms with van der Waals surface area (Å²) in [6, 6.07) is 26.5. The van der Waals surface area contributed by atoms with Gasteiger partial charge >= 0.3 is 0 Å². The van der Waals surface area contributed by atoms with Crippen molar-refractivity contribution < 1.29 is 22.7 Å². The molecule has 1 fully saturated rings. The molecule has 4 aromatic carbocycles. The molecular formula is C32H29N5O5S. The maximum atomic E-state index is 13.7. The molecule has 1 heterocycles. The van der Waals surface area contributed by atoms with Gasteiger partial charge in [0.1, 0.15) is 11.5 Å². The normalized spacial score (nSPS) is 13.7. The molecule has 0 bridgehead atoms. The van der Waals surface area contributed by atoms with E-state index in [0.717, 1.165) is 24.0 Å². The van der Waals surface area contributed by atoms with Crippen LogP contribution in [0.3, 0.4) is 0 Å². The molecule has 0 atom stereocenters. The second kappa shape index (κ2) is 10.9. The van der Waals surface area contributed by atoms with Crippen LogP contribution in [-0.4, -0.2) is 38.5 Å². The molecule has 0 radical (unpaired) electrons. The van der Waals surface area contributed by atoms with E-state index in [1.165, 1.54) is 6.07 Å². The first-order chi connectivity index (χ1) is 20.7. The molecule has 6 rings (SSSR count). The van der Waals surface area contributed by atoms with Crippen LogP contribution in [0.1, 0.15) is 18.4 Å². The molecule has 218 valence electrons. The molecule has 1 aliphatic rings. The number of amides is 1. The summed E-state index contributed by atoms with van der Waals surface area (Å²) in [5.41, 5.74) is 9.08. The number of carbonyl (C=O) groups excluding carboxylic acids is 1. The smallest absolute Gasteiger partial charge is 0.263 e. The fourth-order valence-electron chi connectivity index (χ4n) is 4.99. The number of nitrogens with zero attached hydrogens (tertiary/aromatic N) is 2. The van der Waals surface area contributed by atoms with Crippen LogP contribution in [0.25, 0.3) is 22.2 Å². The van der Waals surface area contributed by atoms with Gasteiger partial charge in [0.05, 0.1) is 35.6 Å². The lowest BCUT2D eigenvalue weighted by Gasteiger charge is -2.15. The minimum absolute atomic E-state index is 0.0245. The molecule has 0 unspecified atom stereocenters. The summed E-state index contributed by atoms with van der Waals surface area (Å²) in [5.74, 6) is 0.994. The number of rotatable bonds is 10. The van der Waals surface area contributed by atoms with E-state index in [2.05, 4.69) is 20.0 Å². The molecule has 1 saturated carbocycles. The zero-order chi connectivity index (χ0) is 30.2. The number of nitrogens with two attached hydrogens (primary N) is 1. The Balaban J connectivity index is 1.33. The predicted molar refractivity (Wildman–Crippen MR) is 165 cm³/mol. The number of primary amides is 1. The van der Waals surface area contributed by atoms with Crippen LogP contribution < -0.4 is 25.2 Å². The number of aromatic nitrogens is 2. The van der Waals surface area contributed by atoms with E-state index in [1.807, 2.05) is 36.4 Å². The first-order valence-electron chi connectivity index (χ1n) is 13.5. The Labute approximate surface area is 248 Å². The molecule has 10 nitrogen and oxygen atoms in total. The summed E-state index contributed by atoms with van der Waals surface area (Å²) in [4.78, 5) is 21.2. The number of para-hydroxylation sites is 2. The Morgan fingerprint density at radius 2 is 1.42 bits per heavy atom. The van der Waals surface area contributed by atoms with E-state index in [1.54, 1.807) is 62.8 Å². The van der Waals surface area contributed by atoms with Crippen LogP contribution in [-0.2, 0) is 20.2 Å². The molecule has 1 aromatic heterocycles. The van der Waals surface area contributed by atoms with Gasteiger partial charge in [0.15, 0.2) is 11.6 Å². The SMILES string of the molecule is COc1cc(Nc2nc3ccccc3nc2NS(=O)(=O)c2cccc(-c3ccc(C4(C(N)=O)CC4)cc3)c2)cc(OC)c1. The molecule has 0 spiro atoms. The number of ether oxygens (including phenoxy) is 2. The summed E-state index contributed by atoms with van der Waals surface area (Å²) in [5, 5.41) is 3.16. The van der Waals surface area contributed by atoms with Gasteiger partial charge in [0.25, 0.3) is 10.0 Å². The van der Waals surface area contributed by atoms with Gasteiger partial charge in [0, 0.05) is 23.9 Å². The minimum Gasteiger partial charge on any atom is -0.497 e. The quantitative estimate of drug-likeness (QED) is 0.195. The van der Waals surface area contributed by atoms with Crippen LogP contribution in [0.15, 0.2) is 95.9 Å². The van der Waals surface area contributed by atoms with Crippen LogP contribution in [0.2, 0.25) is 0 Å². The Morgan fingerprint density at radius 3 is 2.00 bits per heavy atom.